The summed E-state index contributed by atoms with van der Waals surface area (Å²) in [6.45, 7) is -0.599. The standard InChI is InChI=1S/C10H14N2O8S/c1-21(18,19)12-2-4(9(16)11-10(12)17)8-7(15)6(14)5(3-13)20-8/h2,5-8,13-15H,3H2,1H3,(H,11,16,17)/t5-,6?,7+,8+/m1/s1. The number of nitrogens with zero attached hydrogens (tertiary/aromatic N) is 1. The molecule has 1 saturated heterocycles. The average molecular weight is 322 g/mol. The van der Waals surface area contributed by atoms with E-state index in [0.717, 1.165) is 12.5 Å². The van der Waals surface area contributed by atoms with Crippen molar-refractivity contribution in [2.45, 2.75) is 24.4 Å². The molecule has 4 atom stereocenters. The summed E-state index contributed by atoms with van der Waals surface area (Å²) in [4.78, 5) is 25.0. The van der Waals surface area contributed by atoms with Gasteiger partial charge in [-0.2, -0.15) is 3.97 Å². The molecule has 0 spiro atoms. The van der Waals surface area contributed by atoms with Crippen LogP contribution in [-0.4, -0.2) is 63.9 Å². The number of aromatic nitrogens is 2. The smallest absolute Gasteiger partial charge is 0.342 e. The molecule has 1 unspecified atom stereocenters. The molecule has 21 heavy (non-hydrogen) atoms. The van der Waals surface area contributed by atoms with Crippen molar-refractivity contribution >= 4 is 10.0 Å². The first kappa shape index (κ1) is 15.9. The zero-order valence-corrected chi connectivity index (χ0v) is 11.6. The monoisotopic (exact) mass is 322 g/mol. The fourth-order valence-electron chi connectivity index (χ4n) is 2.07. The Morgan fingerprint density at radius 3 is 2.43 bits per heavy atom. The van der Waals surface area contributed by atoms with Gasteiger partial charge in [-0.3, -0.25) is 9.78 Å². The van der Waals surface area contributed by atoms with Crippen LogP contribution in [0.1, 0.15) is 11.7 Å². The number of hydrogen-bond acceptors (Lipinski definition) is 8. The number of rotatable bonds is 3. The number of H-pyrrole nitrogens is 1. The third-order valence-electron chi connectivity index (χ3n) is 3.15. The topological polar surface area (TPSA) is 159 Å². The minimum Gasteiger partial charge on any atom is -0.394 e. The summed E-state index contributed by atoms with van der Waals surface area (Å²) < 4.78 is 28.3. The molecule has 0 aliphatic carbocycles. The molecule has 1 aromatic rings. The van der Waals surface area contributed by atoms with Crippen LogP contribution in [0.2, 0.25) is 0 Å². The van der Waals surface area contributed by atoms with E-state index in [2.05, 4.69) is 0 Å². The normalized spacial score (nSPS) is 29.7. The van der Waals surface area contributed by atoms with Crippen molar-refractivity contribution in [2.75, 3.05) is 12.9 Å². The first-order chi connectivity index (χ1) is 9.66. The zero-order chi connectivity index (χ0) is 15.9. The van der Waals surface area contributed by atoms with Crippen molar-refractivity contribution < 1.29 is 28.5 Å². The van der Waals surface area contributed by atoms with E-state index in [1.54, 1.807) is 4.98 Å². The SMILES string of the molecule is CS(=O)(=O)n1cc([C@@H]2O[C@H](CO)C(O)[C@@H]2O)c(=O)[nH]c1=O. The second kappa shape index (κ2) is 5.35. The van der Waals surface area contributed by atoms with E-state index in [0.29, 0.717) is 3.97 Å². The highest BCUT2D eigenvalue weighted by Gasteiger charge is 2.44. The second-order valence-electron chi connectivity index (χ2n) is 4.66. The third-order valence-corrected chi connectivity index (χ3v) is 4.13. The minimum absolute atomic E-state index is 0.290. The summed E-state index contributed by atoms with van der Waals surface area (Å²) in [7, 11) is -3.97. The van der Waals surface area contributed by atoms with Crippen molar-refractivity contribution in [3.05, 3.63) is 32.6 Å². The molecule has 0 amide bonds. The molecule has 11 heteroatoms. The molecule has 1 aromatic heterocycles. The van der Waals surface area contributed by atoms with Gasteiger partial charge in [0.05, 0.1) is 18.4 Å². The van der Waals surface area contributed by atoms with Crippen molar-refractivity contribution in [1.82, 2.24) is 8.96 Å². The Bertz CT molecular complexity index is 751. The number of aromatic amines is 1. The van der Waals surface area contributed by atoms with Gasteiger partial charge in [0.2, 0.25) is 10.0 Å². The lowest BCUT2D eigenvalue weighted by Gasteiger charge is -2.14. The molecule has 2 rings (SSSR count). The summed E-state index contributed by atoms with van der Waals surface area (Å²) in [6.07, 6.45) is -3.99. The van der Waals surface area contributed by atoms with E-state index in [1.807, 2.05) is 0 Å². The van der Waals surface area contributed by atoms with Crippen LogP contribution in [0.4, 0.5) is 0 Å². The molecule has 0 aromatic carbocycles. The van der Waals surface area contributed by atoms with Crippen LogP contribution in [0.3, 0.4) is 0 Å². The lowest BCUT2D eigenvalue weighted by atomic mass is 10.0. The Balaban J connectivity index is 2.56. The zero-order valence-electron chi connectivity index (χ0n) is 10.8. The predicted octanol–water partition coefficient (Wildman–Crippen LogP) is -3.50. The van der Waals surface area contributed by atoms with E-state index >= 15 is 0 Å². The van der Waals surface area contributed by atoms with Gasteiger partial charge in [-0.1, -0.05) is 0 Å². The number of aliphatic hydroxyl groups is 3. The van der Waals surface area contributed by atoms with E-state index < -0.39 is 52.3 Å². The van der Waals surface area contributed by atoms with Gasteiger partial charge in [-0.15, -0.1) is 0 Å². The van der Waals surface area contributed by atoms with Crippen LogP contribution in [0.15, 0.2) is 15.8 Å². The van der Waals surface area contributed by atoms with Crippen LogP contribution in [0.25, 0.3) is 0 Å². The Kier molecular flexibility index (Phi) is 4.04. The third kappa shape index (κ3) is 2.78. The summed E-state index contributed by atoms with van der Waals surface area (Å²) in [5, 5.41) is 28.4. The van der Waals surface area contributed by atoms with Crippen molar-refractivity contribution in [2.24, 2.45) is 0 Å². The molecular formula is C10H14N2O8S. The van der Waals surface area contributed by atoms with E-state index in [9.17, 15) is 28.2 Å². The molecule has 118 valence electrons. The second-order valence-corrected chi connectivity index (χ2v) is 6.52. The minimum atomic E-state index is -3.97. The van der Waals surface area contributed by atoms with Crippen LogP contribution in [0.5, 0.6) is 0 Å². The maximum atomic E-state index is 11.8. The molecule has 0 bridgehead atoms. The van der Waals surface area contributed by atoms with Crippen LogP contribution >= 0.6 is 0 Å². The fraction of sp³-hybridized carbons (Fsp3) is 0.600. The molecule has 1 aliphatic rings. The molecule has 1 fully saturated rings. The maximum absolute atomic E-state index is 11.8. The number of nitrogens with one attached hydrogen (secondary N) is 1. The quantitative estimate of drug-likeness (QED) is 0.446. The van der Waals surface area contributed by atoms with Crippen molar-refractivity contribution in [1.29, 1.82) is 0 Å². The van der Waals surface area contributed by atoms with Gasteiger partial charge < -0.3 is 20.1 Å². The van der Waals surface area contributed by atoms with E-state index in [-0.39, 0.29) is 5.56 Å². The van der Waals surface area contributed by atoms with Gasteiger partial charge in [0.1, 0.15) is 24.4 Å². The lowest BCUT2D eigenvalue weighted by molar-refractivity contribution is -0.0232. The van der Waals surface area contributed by atoms with Crippen molar-refractivity contribution in [3.63, 3.8) is 0 Å². The first-order valence-electron chi connectivity index (χ1n) is 5.85. The Hall–Kier alpha value is -1.53. The first-order valence-corrected chi connectivity index (χ1v) is 7.70. The maximum Gasteiger partial charge on any atom is 0.342 e. The molecule has 10 nitrogen and oxygen atoms in total. The Morgan fingerprint density at radius 1 is 1.33 bits per heavy atom. The molecule has 0 saturated carbocycles. The molecule has 0 radical (unpaired) electrons. The number of ether oxygens (including phenoxy) is 1. The van der Waals surface area contributed by atoms with E-state index in [4.69, 9.17) is 9.84 Å². The summed E-state index contributed by atoms with van der Waals surface area (Å²) >= 11 is 0. The Labute approximate surface area is 118 Å². The largest absolute Gasteiger partial charge is 0.394 e. The summed E-state index contributed by atoms with van der Waals surface area (Å²) in [5.41, 5.74) is -2.45. The summed E-state index contributed by atoms with van der Waals surface area (Å²) in [5.74, 6) is 0. The van der Waals surface area contributed by atoms with Crippen molar-refractivity contribution in [3.8, 4) is 0 Å². The lowest BCUT2D eigenvalue weighted by Crippen LogP contribution is -2.37. The average Bonchev–Trinajstić information content (AvgIpc) is 2.65. The fourth-order valence-corrected chi connectivity index (χ4v) is 2.73. The highest BCUT2D eigenvalue weighted by atomic mass is 32.2. The van der Waals surface area contributed by atoms with Gasteiger partial charge in [0, 0.05) is 6.20 Å². The van der Waals surface area contributed by atoms with Gasteiger partial charge >= 0.3 is 5.69 Å². The number of hydrogen-bond donors (Lipinski definition) is 4. The summed E-state index contributed by atoms with van der Waals surface area (Å²) in [6, 6.07) is 0. The Morgan fingerprint density at radius 2 is 1.95 bits per heavy atom. The molecule has 4 N–H and O–H groups in total. The molecule has 1 aliphatic heterocycles. The van der Waals surface area contributed by atoms with Gasteiger partial charge in [0.25, 0.3) is 5.56 Å². The van der Waals surface area contributed by atoms with Gasteiger partial charge in [-0.25, -0.2) is 13.2 Å². The van der Waals surface area contributed by atoms with Crippen LogP contribution < -0.4 is 11.2 Å². The van der Waals surface area contributed by atoms with E-state index in [1.165, 1.54) is 0 Å². The highest BCUT2D eigenvalue weighted by molar-refractivity contribution is 7.89. The van der Waals surface area contributed by atoms with Crippen LogP contribution in [0, 0.1) is 0 Å². The number of aliphatic hydroxyl groups excluding tert-OH is 3. The van der Waals surface area contributed by atoms with Gasteiger partial charge in [-0.05, 0) is 0 Å². The van der Waals surface area contributed by atoms with Gasteiger partial charge in [0.15, 0.2) is 0 Å². The predicted molar refractivity (Wildman–Crippen MR) is 68.3 cm³/mol. The van der Waals surface area contributed by atoms with Crippen LogP contribution in [-0.2, 0) is 14.8 Å². The molecule has 2 heterocycles. The molecular weight excluding hydrogens is 308 g/mol. The highest BCUT2D eigenvalue weighted by Crippen LogP contribution is 2.31.